The van der Waals surface area contributed by atoms with Crippen LogP contribution in [0.1, 0.15) is 34.5 Å². The highest BCUT2D eigenvalue weighted by Gasteiger charge is 2.20. The van der Waals surface area contributed by atoms with Gasteiger partial charge in [-0.25, -0.2) is 0 Å². The maximum absolute atomic E-state index is 11.8. The summed E-state index contributed by atoms with van der Waals surface area (Å²) in [7, 11) is 3.23. The lowest BCUT2D eigenvalue weighted by molar-refractivity contribution is 0.0965. The zero-order valence-electron chi connectivity index (χ0n) is 11.8. The van der Waals surface area contributed by atoms with Gasteiger partial charge in [-0.15, -0.1) is 11.3 Å². The van der Waals surface area contributed by atoms with E-state index >= 15 is 0 Å². The van der Waals surface area contributed by atoms with E-state index in [1.165, 1.54) is 11.3 Å². The van der Waals surface area contributed by atoms with Crippen LogP contribution in [0.5, 0.6) is 0 Å². The quantitative estimate of drug-likeness (QED) is 0.635. The van der Waals surface area contributed by atoms with Crippen LogP contribution < -0.4 is 16.4 Å². The van der Waals surface area contributed by atoms with Gasteiger partial charge in [0, 0.05) is 27.3 Å². The minimum Gasteiger partial charge on any atom is -0.396 e. The smallest absolute Gasteiger partial charge is 0.256 e. The number of unbranched alkanes of at least 4 members (excludes halogenated alkanes) is 2. The van der Waals surface area contributed by atoms with Crippen molar-refractivity contribution in [1.29, 1.82) is 5.26 Å². The Balaban J connectivity index is 2.65. The summed E-state index contributed by atoms with van der Waals surface area (Å²) in [6.07, 6.45) is 3.02. The first-order chi connectivity index (χ1) is 9.65. The van der Waals surface area contributed by atoms with Crippen molar-refractivity contribution in [2.75, 3.05) is 38.4 Å². The number of hydrogen-bond acceptors (Lipinski definition) is 6. The summed E-state index contributed by atoms with van der Waals surface area (Å²) >= 11 is 1.22. The zero-order valence-corrected chi connectivity index (χ0v) is 12.6. The third kappa shape index (κ3) is 4.11. The molecule has 1 heterocycles. The summed E-state index contributed by atoms with van der Waals surface area (Å²) < 4.78 is 4.98. The fourth-order valence-electron chi connectivity index (χ4n) is 1.75. The molecule has 0 saturated carbocycles. The predicted molar refractivity (Wildman–Crippen MR) is 81.1 cm³/mol. The Labute approximate surface area is 122 Å². The molecule has 110 valence electrons. The van der Waals surface area contributed by atoms with E-state index in [9.17, 15) is 4.79 Å². The first-order valence-electron chi connectivity index (χ1n) is 6.43. The zero-order chi connectivity index (χ0) is 15.0. The van der Waals surface area contributed by atoms with Gasteiger partial charge in [-0.2, -0.15) is 5.26 Å². The summed E-state index contributed by atoms with van der Waals surface area (Å²) in [4.78, 5) is 12.2. The van der Waals surface area contributed by atoms with E-state index in [0.717, 1.165) is 32.4 Å². The summed E-state index contributed by atoms with van der Waals surface area (Å²) in [5.41, 5.74) is 6.45. The van der Waals surface area contributed by atoms with Crippen molar-refractivity contribution < 1.29 is 9.53 Å². The monoisotopic (exact) mass is 296 g/mol. The highest BCUT2D eigenvalue weighted by atomic mass is 32.1. The lowest BCUT2D eigenvalue weighted by Crippen LogP contribution is -2.20. The highest BCUT2D eigenvalue weighted by molar-refractivity contribution is 7.17. The van der Waals surface area contributed by atoms with Crippen LogP contribution in [-0.4, -0.2) is 33.2 Å². The van der Waals surface area contributed by atoms with Crippen LogP contribution in [0.4, 0.5) is 10.7 Å². The van der Waals surface area contributed by atoms with Crippen molar-refractivity contribution in [2.24, 2.45) is 0 Å². The van der Waals surface area contributed by atoms with Crippen LogP contribution in [0.3, 0.4) is 0 Å². The van der Waals surface area contributed by atoms with Crippen LogP contribution in [0, 0.1) is 11.3 Å². The van der Waals surface area contributed by atoms with E-state index in [2.05, 4.69) is 10.6 Å². The Kier molecular flexibility index (Phi) is 6.84. The minimum absolute atomic E-state index is 0.249. The third-order valence-corrected chi connectivity index (χ3v) is 3.88. The third-order valence-electron chi connectivity index (χ3n) is 2.81. The van der Waals surface area contributed by atoms with Crippen molar-refractivity contribution in [3.63, 3.8) is 0 Å². The second-order valence-electron chi connectivity index (χ2n) is 4.22. The van der Waals surface area contributed by atoms with Crippen molar-refractivity contribution in [2.45, 2.75) is 19.3 Å². The molecule has 0 aliphatic rings. The molecule has 0 aliphatic heterocycles. The second kappa shape index (κ2) is 8.40. The maximum atomic E-state index is 11.8. The molecule has 6 nitrogen and oxygen atoms in total. The number of nitriles is 1. The van der Waals surface area contributed by atoms with Gasteiger partial charge in [0.05, 0.1) is 11.3 Å². The summed E-state index contributed by atoms with van der Waals surface area (Å²) in [6.45, 7) is 1.49. The van der Waals surface area contributed by atoms with Crippen LogP contribution in [0.25, 0.3) is 0 Å². The average Bonchev–Trinajstić information content (AvgIpc) is 2.78. The Bertz CT molecular complexity index is 493. The predicted octanol–water partition coefficient (Wildman–Crippen LogP) is 1.79. The van der Waals surface area contributed by atoms with Crippen LogP contribution in [-0.2, 0) is 4.74 Å². The lowest BCUT2D eigenvalue weighted by atomic mass is 10.2. The molecule has 1 aromatic rings. The molecule has 1 amide bonds. The Hall–Kier alpha value is -1.78. The molecule has 0 unspecified atom stereocenters. The van der Waals surface area contributed by atoms with Gasteiger partial charge in [-0.1, -0.05) is 0 Å². The molecule has 1 rings (SSSR count). The van der Waals surface area contributed by atoms with Crippen molar-refractivity contribution in [3.8, 4) is 6.07 Å². The Morgan fingerprint density at radius 1 is 1.45 bits per heavy atom. The fraction of sp³-hybridized carbons (Fsp3) is 0.538. The SMILES string of the molecule is CNC(=O)c1c(NCCCCCOC)sc(C#N)c1N. The van der Waals surface area contributed by atoms with Crippen LogP contribution in [0.15, 0.2) is 0 Å². The summed E-state index contributed by atoms with van der Waals surface area (Å²) in [6, 6.07) is 2.01. The largest absolute Gasteiger partial charge is 0.396 e. The van der Waals surface area contributed by atoms with Gasteiger partial charge >= 0.3 is 0 Å². The number of nitrogen functional groups attached to an aromatic ring is 1. The van der Waals surface area contributed by atoms with Crippen LogP contribution in [0.2, 0.25) is 0 Å². The molecule has 0 aliphatic carbocycles. The lowest BCUT2D eigenvalue weighted by Gasteiger charge is -2.07. The molecule has 0 radical (unpaired) electrons. The van der Waals surface area contributed by atoms with Gasteiger partial charge in [0.25, 0.3) is 5.91 Å². The molecule has 1 aromatic heterocycles. The standard InChI is InChI=1S/C13H20N4O2S/c1-16-12(18)10-11(15)9(8-14)20-13(10)17-6-4-3-5-7-19-2/h17H,3-7,15H2,1-2H3,(H,16,18). The number of amides is 1. The fourth-order valence-corrected chi connectivity index (χ4v) is 2.69. The number of anilines is 2. The number of ether oxygens (including phenoxy) is 1. The number of nitrogens with zero attached hydrogens (tertiary/aromatic N) is 1. The van der Waals surface area contributed by atoms with Gasteiger partial charge in [-0.05, 0) is 19.3 Å². The van der Waals surface area contributed by atoms with E-state index in [1.807, 2.05) is 6.07 Å². The first kappa shape index (κ1) is 16.3. The molecule has 20 heavy (non-hydrogen) atoms. The maximum Gasteiger partial charge on any atom is 0.256 e. The number of hydrogen-bond donors (Lipinski definition) is 3. The van der Waals surface area contributed by atoms with Crippen molar-refractivity contribution in [1.82, 2.24) is 5.32 Å². The average molecular weight is 296 g/mol. The van der Waals surface area contributed by atoms with Gasteiger partial charge in [0.15, 0.2) is 0 Å². The molecule has 4 N–H and O–H groups in total. The molecular formula is C13H20N4O2S. The number of carbonyl (C=O) groups is 1. The molecule has 0 aromatic carbocycles. The minimum atomic E-state index is -0.276. The number of carbonyl (C=O) groups excluding carboxylic acids is 1. The Morgan fingerprint density at radius 2 is 2.20 bits per heavy atom. The van der Waals surface area contributed by atoms with E-state index in [-0.39, 0.29) is 11.6 Å². The van der Waals surface area contributed by atoms with E-state index in [1.54, 1.807) is 14.2 Å². The van der Waals surface area contributed by atoms with Crippen molar-refractivity contribution in [3.05, 3.63) is 10.4 Å². The molecular weight excluding hydrogens is 276 g/mol. The number of rotatable bonds is 8. The molecule has 0 saturated heterocycles. The highest BCUT2D eigenvalue weighted by Crippen LogP contribution is 2.35. The number of nitrogens with two attached hydrogens (primary N) is 1. The van der Waals surface area contributed by atoms with Gasteiger partial charge in [0.2, 0.25) is 0 Å². The van der Waals surface area contributed by atoms with E-state index in [4.69, 9.17) is 15.7 Å². The van der Waals surface area contributed by atoms with Crippen LogP contribution >= 0.6 is 11.3 Å². The molecule has 0 bridgehead atoms. The van der Waals surface area contributed by atoms with Gasteiger partial charge < -0.3 is 21.1 Å². The molecule has 0 spiro atoms. The topological polar surface area (TPSA) is 100 Å². The first-order valence-corrected chi connectivity index (χ1v) is 7.24. The second-order valence-corrected chi connectivity index (χ2v) is 5.24. The van der Waals surface area contributed by atoms with E-state index in [0.29, 0.717) is 15.4 Å². The summed E-state index contributed by atoms with van der Waals surface area (Å²) in [5.74, 6) is -0.276. The van der Waals surface area contributed by atoms with Gasteiger partial charge in [-0.3, -0.25) is 4.79 Å². The van der Waals surface area contributed by atoms with Crippen molar-refractivity contribution >= 4 is 27.9 Å². The molecule has 0 fully saturated rings. The molecule has 7 heteroatoms. The number of nitrogens with one attached hydrogen (secondary N) is 2. The Morgan fingerprint density at radius 3 is 2.80 bits per heavy atom. The normalized spacial score (nSPS) is 10.1. The molecule has 0 atom stereocenters. The van der Waals surface area contributed by atoms with E-state index < -0.39 is 0 Å². The number of thiophene rings is 1. The number of methoxy groups -OCH3 is 1. The summed E-state index contributed by atoms with van der Waals surface area (Å²) in [5, 5.41) is 15.4. The van der Waals surface area contributed by atoms with Gasteiger partial charge in [0.1, 0.15) is 15.9 Å².